The first-order chi connectivity index (χ1) is 11.8. The first-order valence-electron chi connectivity index (χ1n) is 8.83. The molecule has 1 aliphatic rings. The second-order valence-electron chi connectivity index (χ2n) is 6.62. The summed E-state index contributed by atoms with van der Waals surface area (Å²) in [4.78, 5) is 0. The van der Waals surface area contributed by atoms with E-state index in [1.165, 1.54) is 34.9 Å². The second kappa shape index (κ2) is 6.80. The lowest BCUT2D eigenvalue weighted by atomic mass is 9.99. The number of para-hydroxylation sites is 1. The van der Waals surface area contributed by atoms with Crippen molar-refractivity contribution in [1.29, 1.82) is 0 Å². The molecule has 2 atom stereocenters. The molecule has 0 amide bonds. The maximum absolute atomic E-state index is 6.47. The first-order valence-corrected chi connectivity index (χ1v) is 8.83. The fraction of sp³-hybridized carbons (Fsp3) is 0.333. The van der Waals surface area contributed by atoms with Crippen molar-refractivity contribution < 1.29 is 4.74 Å². The highest BCUT2D eigenvalue weighted by Crippen LogP contribution is 2.31. The van der Waals surface area contributed by atoms with Gasteiger partial charge in [0.05, 0.1) is 5.52 Å². The average molecular weight is 320 g/mol. The molecule has 0 radical (unpaired) electrons. The Morgan fingerprint density at radius 1 is 1.04 bits per heavy atom. The molecule has 1 aromatic heterocycles. The number of ether oxygens (including phenoxy) is 1. The monoisotopic (exact) mass is 320 g/mol. The lowest BCUT2D eigenvalue weighted by molar-refractivity contribution is -0.0292. The summed E-state index contributed by atoms with van der Waals surface area (Å²) in [7, 11) is 0. The van der Waals surface area contributed by atoms with Gasteiger partial charge in [-0.3, -0.25) is 0 Å². The molecule has 0 bridgehead atoms. The van der Waals surface area contributed by atoms with E-state index < -0.39 is 0 Å². The van der Waals surface area contributed by atoms with Crippen LogP contribution in [0.2, 0.25) is 0 Å². The van der Waals surface area contributed by atoms with Crippen LogP contribution >= 0.6 is 0 Å². The highest BCUT2D eigenvalue weighted by Gasteiger charge is 2.20. The number of rotatable bonds is 4. The van der Waals surface area contributed by atoms with Gasteiger partial charge < -0.3 is 15.0 Å². The summed E-state index contributed by atoms with van der Waals surface area (Å²) < 4.78 is 8.31. The number of hydrogen-bond donors (Lipinski definition) is 1. The molecule has 1 aliphatic heterocycles. The van der Waals surface area contributed by atoms with Crippen LogP contribution < -0.4 is 5.73 Å². The Morgan fingerprint density at radius 2 is 1.83 bits per heavy atom. The van der Waals surface area contributed by atoms with Gasteiger partial charge >= 0.3 is 0 Å². The minimum Gasteiger partial charge on any atom is -0.358 e. The van der Waals surface area contributed by atoms with E-state index in [-0.39, 0.29) is 12.3 Å². The summed E-state index contributed by atoms with van der Waals surface area (Å²) in [5.74, 6) is 0. The summed E-state index contributed by atoms with van der Waals surface area (Å²) in [5.41, 5.74) is 10.2. The standard InChI is InChI=1S/C21H24N2O/c22-19(16-8-2-1-3-9-16)14-17-15-23(21-12-6-7-13-24-21)20-11-5-4-10-18(17)20/h1-5,8-11,15,19,21H,6-7,12-14,22H2. The zero-order chi connectivity index (χ0) is 16.4. The molecule has 3 heteroatoms. The maximum Gasteiger partial charge on any atom is 0.133 e. The van der Waals surface area contributed by atoms with Crippen molar-refractivity contribution in [3.8, 4) is 0 Å². The number of hydrogen-bond acceptors (Lipinski definition) is 2. The molecule has 4 rings (SSSR count). The van der Waals surface area contributed by atoms with Crippen LogP contribution in [0, 0.1) is 0 Å². The van der Waals surface area contributed by atoms with E-state index in [9.17, 15) is 0 Å². The van der Waals surface area contributed by atoms with Crippen LogP contribution in [0.4, 0.5) is 0 Å². The molecule has 1 saturated heterocycles. The largest absolute Gasteiger partial charge is 0.358 e. The van der Waals surface area contributed by atoms with Gasteiger partial charge in [-0.1, -0.05) is 48.5 Å². The van der Waals surface area contributed by atoms with Crippen molar-refractivity contribution in [3.63, 3.8) is 0 Å². The Bertz CT molecular complexity index is 803. The van der Waals surface area contributed by atoms with E-state index in [2.05, 4.69) is 47.2 Å². The Morgan fingerprint density at radius 3 is 2.62 bits per heavy atom. The van der Waals surface area contributed by atoms with Crippen LogP contribution in [0.5, 0.6) is 0 Å². The molecule has 1 fully saturated rings. The molecule has 0 spiro atoms. The van der Waals surface area contributed by atoms with Crippen molar-refractivity contribution in [2.75, 3.05) is 6.61 Å². The summed E-state index contributed by atoms with van der Waals surface area (Å²) in [6.07, 6.45) is 6.74. The molecule has 0 saturated carbocycles. The van der Waals surface area contributed by atoms with Gasteiger partial charge in [0.1, 0.15) is 6.23 Å². The summed E-state index contributed by atoms with van der Waals surface area (Å²) in [5, 5.41) is 1.29. The Hall–Kier alpha value is -2.10. The minimum atomic E-state index is 0.0118. The third-order valence-corrected chi connectivity index (χ3v) is 4.96. The molecule has 3 aromatic rings. The van der Waals surface area contributed by atoms with Crippen LogP contribution in [-0.4, -0.2) is 11.2 Å². The summed E-state index contributed by atoms with van der Waals surface area (Å²) >= 11 is 0. The number of nitrogens with zero attached hydrogens (tertiary/aromatic N) is 1. The fourth-order valence-electron chi connectivity index (χ4n) is 3.68. The van der Waals surface area contributed by atoms with Crippen LogP contribution in [-0.2, 0) is 11.2 Å². The predicted octanol–water partition coefficient (Wildman–Crippen LogP) is 4.58. The Labute approximate surface area is 143 Å². The number of fused-ring (bicyclic) bond motifs is 1. The van der Waals surface area contributed by atoms with E-state index in [0.717, 1.165) is 19.4 Å². The van der Waals surface area contributed by atoms with Crippen LogP contribution in [0.1, 0.15) is 42.7 Å². The van der Waals surface area contributed by atoms with E-state index in [1.54, 1.807) is 0 Å². The van der Waals surface area contributed by atoms with Gasteiger partial charge in [0.2, 0.25) is 0 Å². The molecule has 3 nitrogen and oxygen atoms in total. The van der Waals surface area contributed by atoms with Crippen molar-refractivity contribution in [2.24, 2.45) is 5.73 Å². The number of aromatic nitrogens is 1. The van der Waals surface area contributed by atoms with Crippen LogP contribution in [0.15, 0.2) is 60.8 Å². The molecule has 0 aliphatic carbocycles. The van der Waals surface area contributed by atoms with E-state index in [0.29, 0.717) is 0 Å². The van der Waals surface area contributed by atoms with Gasteiger partial charge in [0.25, 0.3) is 0 Å². The maximum atomic E-state index is 6.47. The lowest BCUT2D eigenvalue weighted by Crippen LogP contribution is -2.17. The van der Waals surface area contributed by atoms with Gasteiger partial charge in [-0.2, -0.15) is 0 Å². The van der Waals surface area contributed by atoms with Crippen molar-refractivity contribution >= 4 is 10.9 Å². The highest BCUT2D eigenvalue weighted by atomic mass is 16.5. The van der Waals surface area contributed by atoms with Crippen LogP contribution in [0.25, 0.3) is 10.9 Å². The van der Waals surface area contributed by atoms with E-state index in [1.807, 2.05) is 18.2 Å². The normalized spacial score (nSPS) is 19.5. The molecule has 124 valence electrons. The molecule has 2 N–H and O–H groups in total. The quantitative estimate of drug-likeness (QED) is 0.764. The van der Waals surface area contributed by atoms with Crippen LogP contribution in [0.3, 0.4) is 0 Å². The fourth-order valence-corrected chi connectivity index (χ4v) is 3.68. The van der Waals surface area contributed by atoms with Crippen molar-refractivity contribution in [3.05, 3.63) is 71.9 Å². The Kier molecular flexibility index (Phi) is 4.37. The van der Waals surface area contributed by atoms with E-state index in [4.69, 9.17) is 10.5 Å². The molecular weight excluding hydrogens is 296 g/mol. The lowest BCUT2D eigenvalue weighted by Gasteiger charge is -2.24. The summed E-state index contributed by atoms with van der Waals surface area (Å²) in [6, 6.07) is 18.9. The number of benzene rings is 2. The van der Waals surface area contributed by atoms with Gasteiger partial charge in [0.15, 0.2) is 0 Å². The first kappa shape index (κ1) is 15.4. The zero-order valence-electron chi connectivity index (χ0n) is 13.9. The summed E-state index contributed by atoms with van der Waals surface area (Å²) in [6.45, 7) is 0.857. The average Bonchev–Trinajstić information content (AvgIpc) is 3.02. The van der Waals surface area contributed by atoms with E-state index >= 15 is 0 Å². The molecule has 2 aromatic carbocycles. The van der Waals surface area contributed by atoms with Crippen molar-refractivity contribution in [2.45, 2.75) is 38.0 Å². The Balaban J connectivity index is 1.68. The zero-order valence-corrected chi connectivity index (χ0v) is 13.9. The van der Waals surface area contributed by atoms with Gasteiger partial charge in [-0.25, -0.2) is 0 Å². The predicted molar refractivity (Wildman–Crippen MR) is 97.9 cm³/mol. The molecular formula is C21H24N2O. The minimum absolute atomic E-state index is 0.0118. The smallest absolute Gasteiger partial charge is 0.133 e. The molecule has 2 heterocycles. The van der Waals surface area contributed by atoms with Gasteiger partial charge in [-0.05, 0) is 42.9 Å². The van der Waals surface area contributed by atoms with Crippen molar-refractivity contribution in [1.82, 2.24) is 4.57 Å². The van der Waals surface area contributed by atoms with Gasteiger partial charge in [-0.15, -0.1) is 0 Å². The second-order valence-corrected chi connectivity index (χ2v) is 6.62. The third kappa shape index (κ3) is 2.97. The SMILES string of the molecule is NC(Cc1cn(C2CCCCO2)c2ccccc12)c1ccccc1. The highest BCUT2D eigenvalue weighted by molar-refractivity contribution is 5.84. The molecule has 2 unspecified atom stereocenters. The topological polar surface area (TPSA) is 40.2 Å². The molecule has 24 heavy (non-hydrogen) atoms. The number of nitrogens with two attached hydrogens (primary N) is 1. The van der Waals surface area contributed by atoms with Gasteiger partial charge in [0, 0.05) is 24.2 Å². The third-order valence-electron chi connectivity index (χ3n) is 4.96.